The molecule has 0 N–H and O–H groups in total. The van der Waals surface area contributed by atoms with Gasteiger partial charge in [0.25, 0.3) is 0 Å². The topological polar surface area (TPSA) is 74.3 Å². The molecule has 2 aliphatic heterocycles. The second-order valence-electron chi connectivity index (χ2n) is 6.93. The largest absolute Gasteiger partial charge is 0.461 e. The average molecular weight is 375 g/mol. The highest BCUT2D eigenvalue weighted by Gasteiger charge is 2.56. The summed E-state index contributed by atoms with van der Waals surface area (Å²) in [6.07, 6.45) is 3.54. The van der Waals surface area contributed by atoms with E-state index in [1.165, 1.54) is 0 Å². The van der Waals surface area contributed by atoms with E-state index in [0.29, 0.717) is 6.04 Å². The van der Waals surface area contributed by atoms with Gasteiger partial charge < -0.3 is 18.5 Å². The standard InChI is InChI=1S/C17H30NO6P/c1-3-22-25(20,23-4-2)16-14-12-13(18-8-10-21-11-9-18)6-5-7-15(14)24-17(16)19/h13-16H,3-12H2,1-2H3. The second kappa shape index (κ2) is 8.49. The fraction of sp³-hybridized carbons (Fsp3) is 0.941. The number of hydrogen-bond donors (Lipinski definition) is 0. The van der Waals surface area contributed by atoms with Crippen molar-refractivity contribution in [1.29, 1.82) is 0 Å². The van der Waals surface area contributed by atoms with Gasteiger partial charge >= 0.3 is 13.6 Å². The van der Waals surface area contributed by atoms with Gasteiger partial charge in [-0.1, -0.05) is 0 Å². The van der Waals surface area contributed by atoms with Gasteiger partial charge in [-0.2, -0.15) is 0 Å². The van der Waals surface area contributed by atoms with Gasteiger partial charge in [-0.25, -0.2) is 0 Å². The van der Waals surface area contributed by atoms with Gasteiger partial charge in [-0.3, -0.25) is 14.3 Å². The minimum Gasteiger partial charge on any atom is -0.461 e. The maximum atomic E-state index is 13.3. The lowest BCUT2D eigenvalue weighted by Gasteiger charge is -2.36. The number of fused-ring (bicyclic) bond motifs is 1. The van der Waals surface area contributed by atoms with Gasteiger partial charge in [0.1, 0.15) is 6.10 Å². The van der Waals surface area contributed by atoms with Crippen LogP contribution in [0, 0.1) is 5.92 Å². The summed E-state index contributed by atoms with van der Waals surface area (Å²) < 4.78 is 35.4. The summed E-state index contributed by atoms with van der Waals surface area (Å²) in [6.45, 7) is 7.38. The highest BCUT2D eigenvalue weighted by atomic mass is 31.2. The van der Waals surface area contributed by atoms with Crippen LogP contribution >= 0.6 is 7.60 Å². The molecule has 1 saturated carbocycles. The van der Waals surface area contributed by atoms with E-state index in [2.05, 4.69) is 4.90 Å². The first-order valence-corrected chi connectivity index (χ1v) is 11.1. The number of carbonyl (C=O) groups excluding carboxylic acids is 1. The third-order valence-corrected chi connectivity index (χ3v) is 7.99. The molecule has 3 fully saturated rings. The average Bonchev–Trinajstić information content (AvgIpc) is 2.77. The predicted molar refractivity (Wildman–Crippen MR) is 92.7 cm³/mol. The Morgan fingerprint density at radius 2 is 1.84 bits per heavy atom. The number of ether oxygens (including phenoxy) is 2. The van der Waals surface area contributed by atoms with E-state index in [9.17, 15) is 9.36 Å². The fourth-order valence-corrected chi connectivity index (χ4v) is 6.64. The number of rotatable bonds is 6. The van der Waals surface area contributed by atoms with Crippen molar-refractivity contribution in [1.82, 2.24) is 4.90 Å². The first kappa shape index (κ1) is 19.3. The van der Waals surface area contributed by atoms with E-state index in [0.717, 1.165) is 52.0 Å². The van der Waals surface area contributed by atoms with Crippen molar-refractivity contribution in [2.45, 2.75) is 57.3 Å². The van der Waals surface area contributed by atoms with Crippen LogP contribution in [0.25, 0.3) is 0 Å². The quantitative estimate of drug-likeness (QED) is 0.521. The number of esters is 1. The van der Waals surface area contributed by atoms with Crippen LogP contribution in [0.4, 0.5) is 0 Å². The molecule has 4 atom stereocenters. The first-order chi connectivity index (χ1) is 12.1. The van der Waals surface area contributed by atoms with Crippen molar-refractivity contribution < 1.29 is 27.9 Å². The van der Waals surface area contributed by atoms with Crippen molar-refractivity contribution in [2.75, 3.05) is 39.5 Å². The van der Waals surface area contributed by atoms with Crippen LogP contribution in [0.1, 0.15) is 39.5 Å². The minimum atomic E-state index is -3.52. The molecule has 4 unspecified atom stereocenters. The van der Waals surface area contributed by atoms with Gasteiger partial charge in [0.15, 0.2) is 5.66 Å². The molecular formula is C17H30NO6P. The van der Waals surface area contributed by atoms with Crippen molar-refractivity contribution in [3.63, 3.8) is 0 Å². The molecule has 25 heavy (non-hydrogen) atoms. The lowest BCUT2D eigenvalue weighted by Crippen LogP contribution is -2.45. The van der Waals surface area contributed by atoms with Crippen LogP contribution in [0.5, 0.6) is 0 Å². The molecule has 0 spiro atoms. The molecule has 2 heterocycles. The number of morpholine rings is 1. The highest BCUT2D eigenvalue weighted by molar-refractivity contribution is 7.55. The van der Waals surface area contributed by atoms with Crippen LogP contribution in [0.15, 0.2) is 0 Å². The van der Waals surface area contributed by atoms with Crippen LogP contribution < -0.4 is 0 Å². The molecule has 2 saturated heterocycles. The molecule has 0 aromatic rings. The van der Waals surface area contributed by atoms with E-state index in [4.69, 9.17) is 18.5 Å². The van der Waals surface area contributed by atoms with E-state index in [1.807, 2.05) is 0 Å². The molecule has 8 heteroatoms. The zero-order valence-corrected chi connectivity index (χ0v) is 16.1. The summed E-state index contributed by atoms with van der Waals surface area (Å²) in [5.74, 6) is -0.519. The minimum absolute atomic E-state index is 0.105. The summed E-state index contributed by atoms with van der Waals surface area (Å²) in [5.41, 5.74) is -0.793. The highest BCUT2D eigenvalue weighted by Crippen LogP contribution is 2.60. The van der Waals surface area contributed by atoms with Crippen LogP contribution in [0.3, 0.4) is 0 Å². The smallest absolute Gasteiger partial charge is 0.345 e. The van der Waals surface area contributed by atoms with Crippen molar-refractivity contribution in [3.05, 3.63) is 0 Å². The molecular weight excluding hydrogens is 345 g/mol. The van der Waals surface area contributed by atoms with E-state index in [-0.39, 0.29) is 25.2 Å². The number of carbonyl (C=O) groups is 1. The monoisotopic (exact) mass is 375 g/mol. The zero-order chi connectivity index (χ0) is 17.9. The van der Waals surface area contributed by atoms with Gasteiger partial charge in [-0.05, 0) is 39.5 Å². The maximum Gasteiger partial charge on any atom is 0.345 e. The van der Waals surface area contributed by atoms with Crippen LogP contribution in [-0.2, 0) is 27.9 Å². The van der Waals surface area contributed by atoms with Crippen LogP contribution in [0.2, 0.25) is 0 Å². The molecule has 0 amide bonds. The molecule has 0 bridgehead atoms. The van der Waals surface area contributed by atoms with Gasteiger partial charge in [0.2, 0.25) is 0 Å². The zero-order valence-electron chi connectivity index (χ0n) is 15.2. The molecule has 144 valence electrons. The van der Waals surface area contributed by atoms with Crippen molar-refractivity contribution in [3.8, 4) is 0 Å². The third kappa shape index (κ3) is 4.11. The second-order valence-corrected chi connectivity index (χ2v) is 9.08. The Bertz CT molecular complexity index is 499. The van der Waals surface area contributed by atoms with E-state index in [1.54, 1.807) is 13.8 Å². The number of hydrogen-bond acceptors (Lipinski definition) is 7. The summed E-state index contributed by atoms with van der Waals surface area (Å²) in [5, 5.41) is 0. The van der Waals surface area contributed by atoms with Gasteiger partial charge in [-0.15, -0.1) is 0 Å². The normalized spacial score (nSPS) is 34.4. The third-order valence-electron chi connectivity index (χ3n) is 5.48. The molecule has 3 aliphatic rings. The summed E-state index contributed by atoms with van der Waals surface area (Å²) in [6, 6.07) is 0.368. The fourth-order valence-electron chi connectivity index (χ4n) is 4.42. The summed E-state index contributed by atoms with van der Waals surface area (Å²) in [4.78, 5) is 15.0. The Morgan fingerprint density at radius 1 is 1.16 bits per heavy atom. The van der Waals surface area contributed by atoms with E-state index >= 15 is 0 Å². The summed E-state index contributed by atoms with van der Waals surface area (Å²) in [7, 11) is -3.52. The van der Waals surface area contributed by atoms with Gasteiger partial charge in [0.05, 0.1) is 26.4 Å². The molecule has 0 aromatic heterocycles. The molecule has 0 aromatic carbocycles. The molecule has 7 nitrogen and oxygen atoms in total. The molecule has 1 aliphatic carbocycles. The predicted octanol–water partition coefficient (Wildman–Crippen LogP) is 2.44. The van der Waals surface area contributed by atoms with E-state index < -0.39 is 19.2 Å². The Labute approximate surface area is 149 Å². The van der Waals surface area contributed by atoms with Crippen LogP contribution in [-0.4, -0.2) is 68.2 Å². The Morgan fingerprint density at radius 3 is 2.48 bits per heavy atom. The lowest BCUT2D eigenvalue weighted by atomic mass is 9.93. The Kier molecular flexibility index (Phi) is 6.55. The number of nitrogens with zero attached hydrogens (tertiary/aromatic N) is 1. The Hall–Kier alpha value is -0.460. The Balaban J connectivity index is 1.81. The SMILES string of the molecule is CCOP(=O)(OCC)C1C(=O)OC2CCCC(N3CCOCC3)CC21. The van der Waals surface area contributed by atoms with Crippen molar-refractivity contribution >= 4 is 13.6 Å². The maximum absolute atomic E-state index is 13.3. The first-order valence-electron chi connectivity index (χ1n) is 9.50. The van der Waals surface area contributed by atoms with Crippen molar-refractivity contribution in [2.24, 2.45) is 5.92 Å². The molecule has 0 radical (unpaired) electrons. The summed E-state index contributed by atoms with van der Waals surface area (Å²) >= 11 is 0. The van der Waals surface area contributed by atoms with Gasteiger partial charge in [0, 0.05) is 25.0 Å². The molecule has 3 rings (SSSR count). The lowest BCUT2D eigenvalue weighted by molar-refractivity contribution is -0.141.